The molecule has 2 amide bonds. The van der Waals surface area contributed by atoms with Gasteiger partial charge in [-0.05, 0) is 38.4 Å². The zero-order valence-electron chi connectivity index (χ0n) is 19.0. The van der Waals surface area contributed by atoms with Crippen molar-refractivity contribution in [1.29, 1.82) is 0 Å². The normalized spacial score (nSPS) is 24.6. The van der Waals surface area contributed by atoms with E-state index in [4.69, 9.17) is 0 Å². The molecule has 1 N–H and O–H groups in total. The number of amides is 2. The monoisotopic (exact) mass is 477 g/mol. The summed E-state index contributed by atoms with van der Waals surface area (Å²) in [6.07, 6.45) is -1.20. The highest BCUT2D eigenvalue weighted by molar-refractivity contribution is 5.99. The molecule has 2 atom stereocenters. The fourth-order valence-corrected chi connectivity index (χ4v) is 5.47. The minimum absolute atomic E-state index is 0.0199. The first-order valence-corrected chi connectivity index (χ1v) is 11.4. The molecular weight excluding hydrogens is 451 g/mol. The van der Waals surface area contributed by atoms with Gasteiger partial charge < -0.3 is 19.6 Å². The van der Waals surface area contributed by atoms with Gasteiger partial charge in [0.25, 0.3) is 5.91 Å². The topological polar surface area (TPSA) is 91.6 Å². The third-order valence-electron chi connectivity index (χ3n) is 7.10. The lowest BCUT2D eigenvalue weighted by Gasteiger charge is -2.46. The van der Waals surface area contributed by atoms with Gasteiger partial charge in [-0.15, -0.1) is 0 Å². The molecule has 11 heteroatoms. The fourth-order valence-electron chi connectivity index (χ4n) is 5.47. The van der Waals surface area contributed by atoms with Gasteiger partial charge >= 0.3 is 12.1 Å². The number of rotatable bonds is 4. The maximum absolute atomic E-state index is 13.3. The smallest absolute Gasteiger partial charge is 0.351 e. The second kappa shape index (κ2) is 8.07. The van der Waals surface area contributed by atoms with Crippen molar-refractivity contribution in [3.63, 3.8) is 0 Å². The molecule has 2 aromatic rings. The molecule has 1 aromatic heterocycles. The van der Waals surface area contributed by atoms with Crippen LogP contribution in [0.25, 0.3) is 11.4 Å². The minimum atomic E-state index is -4.74. The molecule has 1 saturated heterocycles. The number of alkyl halides is 3. The van der Waals surface area contributed by atoms with E-state index in [0.29, 0.717) is 25.2 Å². The number of hydrogen-bond donors (Lipinski definition) is 1. The van der Waals surface area contributed by atoms with Gasteiger partial charge in [0, 0.05) is 36.8 Å². The summed E-state index contributed by atoms with van der Waals surface area (Å²) in [5.41, 5.74) is 1.07. The average Bonchev–Trinajstić information content (AvgIpc) is 3.38. The third kappa shape index (κ3) is 3.95. The number of nitrogens with one attached hydrogen (secondary N) is 1. The SMILES string of the molecule is CN1CC(C)(C(=O)N[C@@H]2CCCC[C@H]2N2Cc3ccc(-c4noc(C(F)(F)F)n4)cc3C2=O)C1. The Morgan fingerprint density at radius 1 is 1.24 bits per heavy atom. The van der Waals surface area contributed by atoms with Crippen LogP contribution in [0.1, 0.15) is 54.4 Å². The summed E-state index contributed by atoms with van der Waals surface area (Å²) < 4.78 is 42.8. The van der Waals surface area contributed by atoms with E-state index in [1.807, 2.05) is 14.0 Å². The molecule has 182 valence electrons. The third-order valence-corrected chi connectivity index (χ3v) is 7.10. The van der Waals surface area contributed by atoms with E-state index in [1.54, 1.807) is 17.0 Å². The Bertz CT molecular complexity index is 1130. The Balaban J connectivity index is 1.34. The molecule has 5 rings (SSSR count). The number of halogens is 3. The number of benzene rings is 1. The molecule has 3 aliphatic rings. The van der Waals surface area contributed by atoms with Crippen molar-refractivity contribution in [2.75, 3.05) is 20.1 Å². The molecule has 1 saturated carbocycles. The number of nitrogens with zero attached hydrogens (tertiary/aromatic N) is 4. The lowest BCUT2D eigenvalue weighted by atomic mass is 9.80. The van der Waals surface area contributed by atoms with Gasteiger partial charge in [-0.25, -0.2) is 0 Å². The summed E-state index contributed by atoms with van der Waals surface area (Å²) >= 11 is 0. The van der Waals surface area contributed by atoms with Gasteiger partial charge in [-0.1, -0.05) is 30.1 Å². The van der Waals surface area contributed by atoms with Crippen LogP contribution in [0, 0.1) is 5.41 Å². The summed E-state index contributed by atoms with van der Waals surface area (Å²) in [6.45, 7) is 3.77. The maximum atomic E-state index is 13.3. The summed E-state index contributed by atoms with van der Waals surface area (Å²) in [5, 5.41) is 6.63. The molecule has 2 aliphatic heterocycles. The first-order chi connectivity index (χ1) is 16.0. The standard InChI is InChI=1S/C23H26F3N5O3/c1-22(11-30(2)12-22)20(33)27-16-5-3-4-6-17(16)31-10-14-8-7-13(9-15(14)19(31)32)18-28-21(34-29-18)23(24,25)26/h7-9,16-17H,3-6,10-12H2,1-2H3,(H,27,33)/t16-,17-/m1/s1. The molecular formula is C23H26F3N5O3. The van der Waals surface area contributed by atoms with Crippen LogP contribution in [0.5, 0.6) is 0 Å². The quantitative estimate of drug-likeness (QED) is 0.728. The molecule has 0 radical (unpaired) electrons. The van der Waals surface area contributed by atoms with Crippen LogP contribution >= 0.6 is 0 Å². The van der Waals surface area contributed by atoms with Crippen molar-refractivity contribution >= 4 is 11.8 Å². The van der Waals surface area contributed by atoms with Gasteiger partial charge in [0.05, 0.1) is 11.5 Å². The highest BCUT2D eigenvalue weighted by atomic mass is 19.4. The van der Waals surface area contributed by atoms with E-state index >= 15 is 0 Å². The van der Waals surface area contributed by atoms with Crippen LogP contribution in [0.2, 0.25) is 0 Å². The molecule has 2 fully saturated rings. The second-order valence-electron chi connectivity index (χ2n) is 9.89. The molecule has 34 heavy (non-hydrogen) atoms. The number of carbonyl (C=O) groups excluding carboxylic acids is 2. The first kappa shape index (κ1) is 22.8. The van der Waals surface area contributed by atoms with E-state index in [0.717, 1.165) is 31.2 Å². The predicted octanol–water partition coefficient (Wildman–Crippen LogP) is 3.09. The predicted molar refractivity (Wildman–Crippen MR) is 114 cm³/mol. The average molecular weight is 477 g/mol. The Kier molecular flexibility index (Phi) is 5.42. The van der Waals surface area contributed by atoms with Crippen molar-refractivity contribution < 1.29 is 27.3 Å². The molecule has 0 spiro atoms. The van der Waals surface area contributed by atoms with E-state index in [2.05, 4.69) is 24.9 Å². The second-order valence-corrected chi connectivity index (χ2v) is 9.89. The zero-order valence-corrected chi connectivity index (χ0v) is 19.0. The first-order valence-electron chi connectivity index (χ1n) is 11.4. The Morgan fingerprint density at radius 2 is 1.97 bits per heavy atom. The van der Waals surface area contributed by atoms with Gasteiger partial charge in [-0.2, -0.15) is 18.2 Å². The van der Waals surface area contributed by atoms with Gasteiger partial charge in [0.15, 0.2) is 0 Å². The molecule has 8 nitrogen and oxygen atoms in total. The van der Waals surface area contributed by atoms with Crippen LogP contribution in [0.15, 0.2) is 22.7 Å². The van der Waals surface area contributed by atoms with Gasteiger partial charge in [0.1, 0.15) is 0 Å². The van der Waals surface area contributed by atoms with Crippen molar-refractivity contribution in [3.05, 3.63) is 35.2 Å². The number of likely N-dealkylation sites (tertiary alicyclic amines) is 1. The zero-order chi connectivity index (χ0) is 24.3. The van der Waals surface area contributed by atoms with Crippen molar-refractivity contribution in [1.82, 2.24) is 25.3 Å². The number of fused-ring (bicyclic) bond motifs is 1. The van der Waals surface area contributed by atoms with Crippen molar-refractivity contribution in [2.45, 2.75) is 57.4 Å². The Hall–Kier alpha value is -2.95. The number of aromatic nitrogens is 2. The molecule has 1 aromatic carbocycles. The van der Waals surface area contributed by atoms with Gasteiger partial charge in [-0.3, -0.25) is 9.59 Å². The largest absolute Gasteiger partial charge is 0.471 e. The van der Waals surface area contributed by atoms with Crippen molar-refractivity contribution in [3.8, 4) is 11.4 Å². The minimum Gasteiger partial charge on any atom is -0.351 e. The van der Waals surface area contributed by atoms with E-state index in [-0.39, 0.29) is 35.3 Å². The van der Waals surface area contributed by atoms with Crippen LogP contribution in [0.4, 0.5) is 13.2 Å². The van der Waals surface area contributed by atoms with Crippen LogP contribution in [0.3, 0.4) is 0 Å². The summed E-state index contributed by atoms with van der Waals surface area (Å²) in [4.78, 5) is 33.6. The fraction of sp³-hybridized carbons (Fsp3) is 0.565. The Labute approximate surface area is 194 Å². The van der Waals surface area contributed by atoms with E-state index in [1.165, 1.54) is 6.07 Å². The highest BCUT2D eigenvalue weighted by Crippen LogP contribution is 2.35. The van der Waals surface area contributed by atoms with Gasteiger partial charge in [0.2, 0.25) is 11.7 Å². The number of hydrogen-bond acceptors (Lipinski definition) is 6. The Morgan fingerprint density at radius 3 is 2.65 bits per heavy atom. The lowest BCUT2D eigenvalue weighted by molar-refractivity contribution is -0.159. The molecule has 0 unspecified atom stereocenters. The molecule has 1 aliphatic carbocycles. The lowest BCUT2D eigenvalue weighted by Crippen LogP contribution is -2.63. The maximum Gasteiger partial charge on any atom is 0.471 e. The van der Waals surface area contributed by atoms with E-state index < -0.39 is 17.5 Å². The summed E-state index contributed by atoms with van der Waals surface area (Å²) in [7, 11) is 1.98. The summed E-state index contributed by atoms with van der Waals surface area (Å²) in [6, 6.07) is 4.56. The number of carbonyl (C=O) groups is 2. The summed E-state index contributed by atoms with van der Waals surface area (Å²) in [5.74, 6) is -1.82. The van der Waals surface area contributed by atoms with Crippen LogP contribution in [-0.2, 0) is 17.5 Å². The highest BCUT2D eigenvalue weighted by Gasteiger charge is 2.46. The molecule has 0 bridgehead atoms. The van der Waals surface area contributed by atoms with Crippen LogP contribution < -0.4 is 5.32 Å². The molecule has 3 heterocycles. The van der Waals surface area contributed by atoms with Crippen molar-refractivity contribution in [2.24, 2.45) is 5.41 Å². The van der Waals surface area contributed by atoms with Crippen LogP contribution in [-0.4, -0.2) is 64.0 Å². The van der Waals surface area contributed by atoms with E-state index in [9.17, 15) is 22.8 Å².